The molecule has 0 saturated carbocycles. The Bertz CT molecular complexity index is 856. The number of aromatic nitrogens is 2. The molecule has 1 aliphatic rings. The van der Waals surface area contributed by atoms with Crippen LogP contribution in [0.5, 0.6) is 0 Å². The smallest absolute Gasteiger partial charge is 0.435 e. The van der Waals surface area contributed by atoms with Gasteiger partial charge >= 0.3 is 6.09 Å². The van der Waals surface area contributed by atoms with Crippen LogP contribution in [0.25, 0.3) is 0 Å². The molecule has 0 bridgehead atoms. The van der Waals surface area contributed by atoms with E-state index in [-0.39, 0.29) is 11.9 Å². The molecule has 9 heteroatoms. The van der Waals surface area contributed by atoms with E-state index in [2.05, 4.69) is 14.9 Å². The summed E-state index contributed by atoms with van der Waals surface area (Å²) in [4.78, 5) is 38.0. The molecule has 172 valence electrons. The average Bonchev–Trinajstić information content (AvgIpc) is 2.78. The quantitative estimate of drug-likeness (QED) is 0.563. The van der Waals surface area contributed by atoms with Gasteiger partial charge in [0, 0.05) is 38.6 Å². The van der Waals surface area contributed by atoms with Gasteiger partial charge in [-0.25, -0.2) is 4.79 Å². The van der Waals surface area contributed by atoms with Gasteiger partial charge in [0.25, 0.3) is 0 Å². The highest BCUT2D eigenvalue weighted by molar-refractivity contribution is 5.85. The molecule has 2 amide bonds. The summed E-state index contributed by atoms with van der Waals surface area (Å²) in [5.41, 5.74) is 1.02. The summed E-state index contributed by atoms with van der Waals surface area (Å²) in [5.74, 6) is -0.328. The molecule has 2 aromatic heterocycles. The number of nitrogens with zero attached hydrogens (tertiary/aromatic N) is 5. The monoisotopic (exact) mass is 441 g/mol. The van der Waals surface area contributed by atoms with Gasteiger partial charge in [0.05, 0.1) is 17.4 Å². The number of hydrogen-bond acceptors (Lipinski definition) is 7. The Balaban J connectivity index is 1.66. The van der Waals surface area contributed by atoms with E-state index in [1.807, 2.05) is 36.4 Å². The van der Waals surface area contributed by atoms with Crippen molar-refractivity contribution in [1.29, 1.82) is 0 Å². The average molecular weight is 442 g/mol. The first-order chi connectivity index (χ1) is 15.2. The van der Waals surface area contributed by atoms with Crippen LogP contribution in [0.1, 0.15) is 45.1 Å². The van der Waals surface area contributed by atoms with Gasteiger partial charge in [-0.15, -0.1) is 0 Å². The number of piperazine rings is 1. The fourth-order valence-corrected chi connectivity index (χ4v) is 3.64. The van der Waals surface area contributed by atoms with Crippen LogP contribution < -0.4 is 0 Å². The predicted molar refractivity (Wildman–Crippen MR) is 118 cm³/mol. The maximum absolute atomic E-state index is 12.9. The van der Waals surface area contributed by atoms with E-state index >= 15 is 0 Å². The van der Waals surface area contributed by atoms with Gasteiger partial charge in [-0.2, -0.15) is 5.06 Å². The Morgan fingerprint density at radius 2 is 1.53 bits per heavy atom. The van der Waals surface area contributed by atoms with Crippen molar-refractivity contribution in [2.75, 3.05) is 26.2 Å². The van der Waals surface area contributed by atoms with E-state index in [9.17, 15) is 14.8 Å². The van der Waals surface area contributed by atoms with E-state index in [4.69, 9.17) is 4.74 Å². The van der Waals surface area contributed by atoms with Gasteiger partial charge in [0.15, 0.2) is 0 Å². The fourth-order valence-electron chi connectivity index (χ4n) is 3.64. The molecule has 0 radical (unpaired) electrons. The summed E-state index contributed by atoms with van der Waals surface area (Å²) in [6.45, 7) is 8.71. The van der Waals surface area contributed by atoms with Gasteiger partial charge < -0.3 is 9.64 Å². The highest BCUT2D eigenvalue weighted by atomic mass is 16.6. The summed E-state index contributed by atoms with van der Waals surface area (Å²) in [7, 11) is 0. The number of hydroxylamine groups is 2. The maximum Gasteiger partial charge on any atom is 0.435 e. The summed E-state index contributed by atoms with van der Waals surface area (Å²) < 4.78 is 5.15. The van der Waals surface area contributed by atoms with Crippen molar-refractivity contribution in [3.8, 4) is 0 Å². The first kappa shape index (κ1) is 23.6. The molecular weight excluding hydrogens is 410 g/mol. The van der Waals surface area contributed by atoms with E-state index in [1.165, 1.54) is 6.92 Å². The molecule has 1 atom stereocenters. The van der Waals surface area contributed by atoms with Crippen LogP contribution in [0.3, 0.4) is 0 Å². The third-order valence-corrected chi connectivity index (χ3v) is 5.23. The molecule has 2 aromatic rings. The van der Waals surface area contributed by atoms with Crippen molar-refractivity contribution >= 4 is 12.0 Å². The molecule has 0 unspecified atom stereocenters. The molecule has 9 nitrogen and oxygen atoms in total. The van der Waals surface area contributed by atoms with Gasteiger partial charge in [0.1, 0.15) is 11.6 Å². The molecule has 1 saturated heterocycles. The molecule has 1 aliphatic heterocycles. The zero-order valence-corrected chi connectivity index (χ0v) is 19.0. The highest BCUT2D eigenvalue weighted by Crippen LogP contribution is 2.27. The third-order valence-electron chi connectivity index (χ3n) is 5.23. The Kier molecular flexibility index (Phi) is 7.42. The lowest BCUT2D eigenvalue weighted by Gasteiger charge is -2.40. The van der Waals surface area contributed by atoms with Gasteiger partial charge in [0.2, 0.25) is 5.91 Å². The van der Waals surface area contributed by atoms with Crippen molar-refractivity contribution in [3.05, 3.63) is 60.2 Å². The van der Waals surface area contributed by atoms with Crippen LogP contribution in [-0.2, 0) is 9.53 Å². The lowest BCUT2D eigenvalue weighted by atomic mass is 10.1. The second-order valence-corrected chi connectivity index (χ2v) is 8.77. The predicted octanol–water partition coefficient (Wildman–Crippen LogP) is 2.73. The van der Waals surface area contributed by atoms with Crippen LogP contribution in [0, 0.1) is 0 Å². The van der Waals surface area contributed by atoms with E-state index < -0.39 is 17.7 Å². The SMILES string of the molecule is C[C@@H](C(=O)N1CCN(C(c2ccccn2)c2ccccn2)CC1)N(O)C(=O)OC(C)(C)C. The van der Waals surface area contributed by atoms with Crippen molar-refractivity contribution in [2.45, 2.75) is 45.4 Å². The molecule has 0 aliphatic carbocycles. The summed E-state index contributed by atoms with van der Waals surface area (Å²) in [6, 6.07) is 10.4. The lowest BCUT2D eigenvalue weighted by molar-refractivity contribution is -0.158. The molecule has 0 spiro atoms. The van der Waals surface area contributed by atoms with Crippen LogP contribution in [0.4, 0.5) is 4.79 Å². The molecule has 1 fully saturated rings. The van der Waals surface area contributed by atoms with Crippen molar-refractivity contribution in [3.63, 3.8) is 0 Å². The van der Waals surface area contributed by atoms with Crippen LogP contribution in [0.15, 0.2) is 48.8 Å². The van der Waals surface area contributed by atoms with Crippen molar-refractivity contribution in [1.82, 2.24) is 24.8 Å². The van der Waals surface area contributed by atoms with Crippen LogP contribution in [0.2, 0.25) is 0 Å². The van der Waals surface area contributed by atoms with E-state index in [0.29, 0.717) is 31.2 Å². The van der Waals surface area contributed by atoms with Gasteiger partial charge in [-0.1, -0.05) is 12.1 Å². The Hall–Kier alpha value is -3.04. The minimum Gasteiger partial charge on any atom is -0.442 e. The molecular formula is C23H31N5O4. The first-order valence-electron chi connectivity index (χ1n) is 10.7. The molecule has 0 aromatic carbocycles. The largest absolute Gasteiger partial charge is 0.442 e. The number of carbonyl (C=O) groups excluding carboxylic acids is 2. The van der Waals surface area contributed by atoms with Gasteiger partial charge in [-0.3, -0.25) is 24.9 Å². The van der Waals surface area contributed by atoms with Crippen LogP contribution in [-0.4, -0.2) is 79.9 Å². The summed E-state index contributed by atoms with van der Waals surface area (Å²) >= 11 is 0. The molecule has 1 N–H and O–H groups in total. The Morgan fingerprint density at radius 3 is 1.97 bits per heavy atom. The Labute approximate surface area is 188 Å². The molecule has 32 heavy (non-hydrogen) atoms. The zero-order chi connectivity index (χ0) is 23.3. The third kappa shape index (κ3) is 5.80. The van der Waals surface area contributed by atoms with E-state index in [0.717, 1.165) is 11.4 Å². The molecule has 3 heterocycles. The number of rotatable bonds is 5. The minimum absolute atomic E-state index is 0.122. The Morgan fingerprint density at radius 1 is 1.00 bits per heavy atom. The normalized spacial score (nSPS) is 16.0. The van der Waals surface area contributed by atoms with Crippen molar-refractivity contribution < 1.29 is 19.5 Å². The number of amides is 2. The fraction of sp³-hybridized carbons (Fsp3) is 0.478. The maximum atomic E-state index is 12.9. The number of pyridine rings is 2. The van der Waals surface area contributed by atoms with Crippen molar-refractivity contribution in [2.24, 2.45) is 0 Å². The lowest BCUT2D eigenvalue weighted by Crippen LogP contribution is -2.55. The topological polar surface area (TPSA) is 99.1 Å². The summed E-state index contributed by atoms with van der Waals surface area (Å²) in [5, 5.41) is 10.5. The minimum atomic E-state index is -1.04. The highest BCUT2D eigenvalue weighted by Gasteiger charge is 2.35. The zero-order valence-electron chi connectivity index (χ0n) is 19.0. The second kappa shape index (κ2) is 10.1. The second-order valence-electron chi connectivity index (χ2n) is 8.77. The number of carbonyl (C=O) groups is 2. The number of ether oxygens (including phenoxy) is 1. The van der Waals surface area contributed by atoms with Crippen LogP contribution >= 0.6 is 0 Å². The molecule has 3 rings (SSSR count). The first-order valence-corrected chi connectivity index (χ1v) is 10.7. The van der Waals surface area contributed by atoms with Gasteiger partial charge in [-0.05, 0) is 52.0 Å². The number of hydrogen-bond donors (Lipinski definition) is 1. The standard InChI is InChI=1S/C23H31N5O4/c1-17(28(31)22(30)32-23(2,3)4)21(29)27-15-13-26(14-16-27)20(18-9-5-7-11-24-18)19-10-6-8-12-25-19/h5-12,17,20,31H,13-16H2,1-4H3/t17-/m0/s1. The summed E-state index contributed by atoms with van der Waals surface area (Å²) in [6.07, 6.45) is 2.58. The van der Waals surface area contributed by atoms with E-state index in [1.54, 1.807) is 38.1 Å².